The van der Waals surface area contributed by atoms with Crippen molar-refractivity contribution < 1.29 is 33.7 Å². The number of hydrogen-bond donors (Lipinski definition) is 1. The molecule has 1 aliphatic rings. The zero-order chi connectivity index (χ0) is 30.5. The Morgan fingerprint density at radius 1 is 0.884 bits per heavy atom. The Kier molecular flexibility index (Phi) is 8.57. The quantitative estimate of drug-likeness (QED) is 0.107. The smallest absolute Gasteiger partial charge is 0.338 e. The molecular weight excluding hydrogens is 546 g/mol. The van der Waals surface area contributed by atoms with Crippen LogP contribution in [-0.4, -0.2) is 36.5 Å². The number of aliphatic hydroxyl groups excluding tert-OH is 1. The van der Waals surface area contributed by atoms with Crippen molar-refractivity contribution in [1.82, 2.24) is 0 Å². The van der Waals surface area contributed by atoms with E-state index in [9.17, 15) is 19.5 Å². The Labute approximate surface area is 249 Å². The topological polar surface area (TPSA) is 102 Å². The largest absolute Gasteiger partial charge is 0.507 e. The zero-order valence-electron chi connectivity index (χ0n) is 24.1. The van der Waals surface area contributed by atoms with E-state index < -0.39 is 23.7 Å². The van der Waals surface area contributed by atoms with E-state index in [4.69, 9.17) is 14.2 Å². The van der Waals surface area contributed by atoms with Crippen LogP contribution < -0.4 is 14.4 Å². The van der Waals surface area contributed by atoms with Crippen LogP contribution in [0, 0.1) is 6.92 Å². The molecule has 1 amide bonds. The van der Waals surface area contributed by atoms with Crippen LogP contribution in [-0.2, 0) is 20.9 Å². The maximum atomic E-state index is 13.6. The van der Waals surface area contributed by atoms with Gasteiger partial charge in [0, 0.05) is 11.3 Å². The molecule has 4 aromatic rings. The molecule has 43 heavy (non-hydrogen) atoms. The summed E-state index contributed by atoms with van der Waals surface area (Å²) in [5, 5.41) is 11.6. The molecule has 0 saturated carbocycles. The van der Waals surface area contributed by atoms with Crippen LogP contribution >= 0.6 is 0 Å². The van der Waals surface area contributed by atoms with E-state index in [0.717, 1.165) is 11.1 Å². The summed E-state index contributed by atoms with van der Waals surface area (Å²) in [6.07, 6.45) is 0. The molecule has 1 heterocycles. The molecule has 0 aliphatic carbocycles. The van der Waals surface area contributed by atoms with Crippen molar-refractivity contribution in [2.45, 2.75) is 26.5 Å². The number of rotatable bonds is 9. The number of nitrogens with zero attached hydrogens (tertiary/aromatic N) is 1. The van der Waals surface area contributed by atoms with Crippen LogP contribution in [0.15, 0.2) is 103 Å². The van der Waals surface area contributed by atoms with Crippen LogP contribution in [0.1, 0.15) is 45.6 Å². The number of Topliss-reactive ketones (excluding diaryl/α,β-unsaturated/α-hetero) is 1. The Morgan fingerprint density at radius 3 is 2.30 bits per heavy atom. The number of carbonyl (C=O) groups is 3. The fraction of sp³-hybridized carbons (Fsp3) is 0.171. The average molecular weight is 578 g/mol. The zero-order valence-corrected chi connectivity index (χ0v) is 24.1. The number of esters is 1. The van der Waals surface area contributed by atoms with E-state index in [1.165, 1.54) is 18.1 Å². The molecule has 4 aromatic carbocycles. The second-order valence-corrected chi connectivity index (χ2v) is 9.97. The molecule has 1 unspecified atom stereocenters. The number of anilines is 1. The van der Waals surface area contributed by atoms with Crippen molar-refractivity contribution in [2.75, 3.05) is 18.6 Å². The highest BCUT2D eigenvalue weighted by Crippen LogP contribution is 2.43. The van der Waals surface area contributed by atoms with Gasteiger partial charge in [-0.1, -0.05) is 48.5 Å². The lowest BCUT2D eigenvalue weighted by Gasteiger charge is -2.26. The molecule has 1 aliphatic heterocycles. The van der Waals surface area contributed by atoms with E-state index in [1.807, 2.05) is 37.3 Å². The highest BCUT2D eigenvalue weighted by molar-refractivity contribution is 6.51. The van der Waals surface area contributed by atoms with Crippen molar-refractivity contribution >= 4 is 29.1 Å². The molecule has 5 rings (SSSR count). The van der Waals surface area contributed by atoms with Crippen LogP contribution in [0.3, 0.4) is 0 Å². The molecule has 0 radical (unpaired) electrons. The highest BCUT2D eigenvalue weighted by atomic mass is 16.5. The second-order valence-electron chi connectivity index (χ2n) is 9.97. The standard InChI is InChI=1S/C35H31NO7/c1-4-42-35(40)26-11-8-12-27(20-26)36-31(24-13-16-28(41-3)17-14-24)30(33(38)34(36)39)32(37)25-15-18-29(22(2)19-25)43-21-23-9-6-5-7-10-23/h5-20,31,37H,4,21H2,1-3H3/b32-30+. The molecule has 0 bridgehead atoms. The Morgan fingerprint density at radius 2 is 1.63 bits per heavy atom. The molecule has 1 fully saturated rings. The minimum absolute atomic E-state index is 0.0749. The molecule has 8 heteroatoms. The van der Waals surface area contributed by atoms with E-state index >= 15 is 0 Å². The van der Waals surface area contributed by atoms with E-state index in [-0.39, 0.29) is 23.5 Å². The van der Waals surface area contributed by atoms with Crippen LogP contribution in [0.5, 0.6) is 11.5 Å². The minimum Gasteiger partial charge on any atom is -0.507 e. The second kappa shape index (κ2) is 12.7. The monoisotopic (exact) mass is 577 g/mol. The summed E-state index contributed by atoms with van der Waals surface area (Å²) < 4.78 is 16.4. The van der Waals surface area contributed by atoms with Crippen molar-refractivity contribution in [3.8, 4) is 11.5 Å². The summed E-state index contributed by atoms with van der Waals surface area (Å²) in [5.41, 5.74) is 3.17. The van der Waals surface area contributed by atoms with E-state index in [1.54, 1.807) is 67.6 Å². The lowest BCUT2D eigenvalue weighted by molar-refractivity contribution is -0.132. The fourth-order valence-electron chi connectivity index (χ4n) is 5.05. The van der Waals surface area contributed by atoms with Gasteiger partial charge in [0.15, 0.2) is 0 Å². The van der Waals surface area contributed by atoms with Gasteiger partial charge in [-0.2, -0.15) is 0 Å². The molecule has 1 atom stereocenters. The summed E-state index contributed by atoms with van der Waals surface area (Å²) >= 11 is 0. The van der Waals surface area contributed by atoms with Gasteiger partial charge in [0.1, 0.15) is 23.9 Å². The number of ether oxygens (including phenoxy) is 3. The summed E-state index contributed by atoms with van der Waals surface area (Å²) in [7, 11) is 1.54. The van der Waals surface area contributed by atoms with Crippen molar-refractivity contribution in [1.29, 1.82) is 0 Å². The lowest BCUT2D eigenvalue weighted by atomic mass is 9.94. The maximum absolute atomic E-state index is 13.6. The van der Waals surface area contributed by atoms with Gasteiger partial charge in [-0.05, 0) is 79.1 Å². The third-order valence-electron chi connectivity index (χ3n) is 7.20. The number of benzene rings is 4. The number of hydrogen-bond acceptors (Lipinski definition) is 7. The number of amides is 1. The van der Waals surface area contributed by atoms with Crippen molar-refractivity contribution in [2.24, 2.45) is 0 Å². The van der Waals surface area contributed by atoms with Gasteiger partial charge in [-0.15, -0.1) is 0 Å². The summed E-state index contributed by atoms with van der Waals surface area (Å²) in [5.74, 6) is -1.33. The molecule has 8 nitrogen and oxygen atoms in total. The van der Waals surface area contributed by atoms with Crippen molar-refractivity contribution in [3.63, 3.8) is 0 Å². The van der Waals surface area contributed by atoms with Gasteiger partial charge in [0.25, 0.3) is 11.7 Å². The Bertz CT molecular complexity index is 1690. The van der Waals surface area contributed by atoms with E-state index in [2.05, 4.69) is 0 Å². The van der Waals surface area contributed by atoms with Crippen LogP contribution in [0.25, 0.3) is 5.76 Å². The Balaban J connectivity index is 1.57. The van der Waals surface area contributed by atoms with Gasteiger partial charge in [0.05, 0.1) is 30.9 Å². The third-order valence-corrected chi connectivity index (χ3v) is 7.20. The molecule has 0 aromatic heterocycles. The number of ketones is 1. The first-order valence-electron chi connectivity index (χ1n) is 13.8. The van der Waals surface area contributed by atoms with Crippen LogP contribution in [0.2, 0.25) is 0 Å². The van der Waals surface area contributed by atoms with Gasteiger partial charge in [-0.3, -0.25) is 14.5 Å². The maximum Gasteiger partial charge on any atom is 0.338 e. The average Bonchev–Trinajstić information content (AvgIpc) is 3.30. The summed E-state index contributed by atoms with van der Waals surface area (Å²) in [6, 6.07) is 27.1. The van der Waals surface area contributed by atoms with Gasteiger partial charge in [-0.25, -0.2) is 4.79 Å². The first kappa shape index (κ1) is 29.1. The van der Waals surface area contributed by atoms with Gasteiger partial charge < -0.3 is 19.3 Å². The third kappa shape index (κ3) is 5.99. The van der Waals surface area contributed by atoms with Gasteiger partial charge >= 0.3 is 5.97 Å². The first-order chi connectivity index (χ1) is 20.8. The van der Waals surface area contributed by atoms with Crippen molar-refractivity contribution in [3.05, 3.63) is 130 Å². The number of carbonyl (C=O) groups excluding carboxylic acids is 3. The van der Waals surface area contributed by atoms with Gasteiger partial charge in [0.2, 0.25) is 0 Å². The molecular formula is C35H31NO7. The Hall–Kier alpha value is -5.37. The predicted molar refractivity (Wildman–Crippen MR) is 162 cm³/mol. The summed E-state index contributed by atoms with van der Waals surface area (Å²) in [6.45, 7) is 4.11. The molecule has 1 N–H and O–H groups in total. The normalized spacial score (nSPS) is 15.8. The summed E-state index contributed by atoms with van der Waals surface area (Å²) in [4.78, 5) is 40.9. The molecule has 218 valence electrons. The highest BCUT2D eigenvalue weighted by Gasteiger charge is 2.47. The SMILES string of the molecule is CCOC(=O)c1cccc(N2C(=O)C(=O)/C(=C(/O)c3ccc(OCc4ccccc4)c(C)c3)C2c2ccc(OC)cc2)c1. The minimum atomic E-state index is -0.974. The predicted octanol–water partition coefficient (Wildman–Crippen LogP) is 6.39. The first-order valence-corrected chi connectivity index (χ1v) is 13.8. The number of methoxy groups -OCH3 is 1. The molecule has 1 saturated heterocycles. The van der Waals surface area contributed by atoms with E-state index in [0.29, 0.717) is 34.9 Å². The molecule has 0 spiro atoms. The fourth-order valence-corrected chi connectivity index (χ4v) is 5.05. The number of aliphatic hydroxyl groups is 1. The van der Waals surface area contributed by atoms with Crippen LogP contribution in [0.4, 0.5) is 5.69 Å². The lowest BCUT2D eigenvalue weighted by Crippen LogP contribution is -2.29. The number of aryl methyl sites for hydroxylation is 1.